The minimum Gasteiger partial charge on any atom is -0.299 e. The van der Waals surface area contributed by atoms with Crippen molar-refractivity contribution in [1.82, 2.24) is 0 Å². The maximum Gasteiger partial charge on any atom is 0.138 e. The smallest absolute Gasteiger partial charge is 0.138 e. The lowest BCUT2D eigenvalue weighted by molar-refractivity contribution is -0.127. The zero-order valence-electron chi connectivity index (χ0n) is 13.1. The van der Waals surface area contributed by atoms with Gasteiger partial charge in [0, 0.05) is 23.7 Å². The summed E-state index contributed by atoms with van der Waals surface area (Å²) in [5.74, 6) is 0.682. The van der Waals surface area contributed by atoms with E-state index >= 15 is 0 Å². The molecule has 0 aromatic carbocycles. The largest absolute Gasteiger partial charge is 0.299 e. The van der Waals surface area contributed by atoms with Crippen LogP contribution in [-0.4, -0.2) is 11.6 Å². The molecule has 0 atom stereocenters. The van der Waals surface area contributed by atoms with Gasteiger partial charge >= 0.3 is 0 Å². The van der Waals surface area contributed by atoms with E-state index in [1.165, 1.54) is 0 Å². The molecule has 0 heterocycles. The van der Waals surface area contributed by atoms with E-state index in [2.05, 4.69) is 0 Å². The summed E-state index contributed by atoms with van der Waals surface area (Å²) in [5, 5.41) is 0. The van der Waals surface area contributed by atoms with Gasteiger partial charge in [0.05, 0.1) is 0 Å². The van der Waals surface area contributed by atoms with Crippen molar-refractivity contribution in [2.45, 2.75) is 80.1 Å². The van der Waals surface area contributed by atoms with Crippen LogP contribution in [0.25, 0.3) is 0 Å². The molecule has 0 radical (unpaired) electrons. The van der Waals surface area contributed by atoms with Crippen LogP contribution in [0.15, 0.2) is 0 Å². The molecule has 0 aliphatic heterocycles. The average Bonchev–Trinajstić information content (AvgIpc) is 2.19. The zero-order chi connectivity index (χ0) is 14.4. The second-order valence-electron chi connectivity index (χ2n) is 7.26. The molecule has 0 spiro atoms. The highest BCUT2D eigenvalue weighted by atomic mass is 16.1. The maximum atomic E-state index is 11.7. The van der Waals surface area contributed by atoms with Gasteiger partial charge in [0.15, 0.2) is 0 Å². The fourth-order valence-corrected chi connectivity index (χ4v) is 1.67. The summed E-state index contributed by atoms with van der Waals surface area (Å²) in [7, 11) is 0. The first-order valence-corrected chi connectivity index (χ1v) is 7.12. The third-order valence-electron chi connectivity index (χ3n) is 3.23. The molecule has 18 heavy (non-hydrogen) atoms. The van der Waals surface area contributed by atoms with Crippen molar-refractivity contribution in [3.8, 4) is 0 Å². The molecule has 0 unspecified atom stereocenters. The lowest BCUT2D eigenvalue weighted by atomic mass is 9.86. The highest BCUT2D eigenvalue weighted by molar-refractivity contribution is 5.84. The van der Waals surface area contributed by atoms with Crippen LogP contribution in [0, 0.1) is 10.8 Å². The number of rotatable bonds is 7. The summed E-state index contributed by atoms with van der Waals surface area (Å²) in [6.45, 7) is 11.8. The average molecular weight is 254 g/mol. The van der Waals surface area contributed by atoms with Crippen LogP contribution in [0.3, 0.4) is 0 Å². The molecule has 0 amide bonds. The number of hydrogen-bond donors (Lipinski definition) is 0. The Hall–Kier alpha value is -0.660. The normalized spacial score (nSPS) is 12.6. The molecular weight excluding hydrogens is 224 g/mol. The van der Waals surface area contributed by atoms with E-state index < -0.39 is 0 Å². The quantitative estimate of drug-likeness (QED) is 0.624. The molecule has 2 heteroatoms. The van der Waals surface area contributed by atoms with Crippen LogP contribution in [0.2, 0.25) is 0 Å². The summed E-state index contributed by atoms with van der Waals surface area (Å²) in [6.07, 6.45) is 5.38. The van der Waals surface area contributed by atoms with E-state index in [0.717, 1.165) is 25.7 Å². The topological polar surface area (TPSA) is 34.1 Å². The first-order chi connectivity index (χ1) is 8.05. The summed E-state index contributed by atoms with van der Waals surface area (Å²) in [5.41, 5.74) is -0.412. The van der Waals surface area contributed by atoms with Crippen molar-refractivity contribution in [2.24, 2.45) is 10.8 Å². The summed E-state index contributed by atoms with van der Waals surface area (Å²) in [6, 6.07) is 0. The van der Waals surface area contributed by atoms with Crippen molar-refractivity contribution in [3.63, 3.8) is 0 Å². The van der Waals surface area contributed by atoms with Crippen LogP contribution in [0.1, 0.15) is 80.1 Å². The van der Waals surface area contributed by atoms with Gasteiger partial charge in [-0.2, -0.15) is 0 Å². The van der Waals surface area contributed by atoms with Crippen molar-refractivity contribution in [1.29, 1.82) is 0 Å². The van der Waals surface area contributed by atoms with Crippen molar-refractivity contribution >= 4 is 11.6 Å². The number of hydrogen-bond acceptors (Lipinski definition) is 2. The molecule has 106 valence electrons. The molecule has 0 bridgehead atoms. The highest BCUT2D eigenvalue weighted by Gasteiger charge is 2.21. The van der Waals surface area contributed by atoms with Crippen molar-refractivity contribution in [3.05, 3.63) is 0 Å². The minimum absolute atomic E-state index is 0.206. The molecule has 0 saturated carbocycles. The third kappa shape index (κ3) is 7.62. The third-order valence-corrected chi connectivity index (χ3v) is 3.23. The van der Waals surface area contributed by atoms with Gasteiger partial charge in [-0.05, 0) is 12.8 Å². The molecule has 0 aliphatic rings. The number of ketones is 2. The summed E-state index contributed by atoms with van der Waals surface area (Å²) < 4.78 is 0. The van der Waals surface area contributed by atoms with Gasteiger partial charge in [-0.25, -0.2) is 0 Å². The molecule has 0 aliphatic carbocycles. The Morgan fingerprint density at radius 3 is 1.11 bits per heavy atom. The van der Waals surface area contributed by atoms with Crippen LogP contribution in [0.4, 0.5) is 0 Å². The van der Waals surface area contributed by atoms with Crippen molar-refractivity contribution in [2.75, 3.05) is 0 Å². The van der Waals surface area contributed by atoms with E-state index in [1.807, 2.05) is 41.5 Å². The van der Waals surface area contributed by atoms with E-state index in [-0.39, 0.29) is 10.8 Å². The Morgan fingerprint density at radius 1 is 0.611 bits per heavy atom. The first-order valence-electron chi connectivity index (χ1n) is 7.12. The fourth-order valence-electron chi connectivity index (χ4n) is 1.67. The molecule has 0 N–H and O–H groups in total. The van der Waals surface area contributed by atoms with Crippen molar-refractivity contribution < 1.29 is 9.59 Å². The molecule has 0 rings (SSSR count). The highest BCUT2D eigenvalue weighted by Crippen LogP contribution is 2.20. The van der Waals surface area contributed by atoms with Gasteiger partial charge in [0.1, 0.15) is 11.6 Å². The lowest BCUT2D eigenvalue weighted by Crippen LogP contribution is -2.20. The van der Waals surface area contributed by atoms with E-state index in [4.69, 9.17) is 0 Å². The van der Waals surface area contributed by atoms with Gasteiger partial charge in [-0.15, -0.1) is 0 Å². The fraction of sp³-hybridized carbons (Fsp3) is 0.875. The molecule has 0 fully saturated rings. The molecule has 0 aromatic heterocycles. The van der Waals surface area contributed by atoms with Gasteiger partial charge in [-0.1, -0.05) is 54.4 Å². The number of Topliss-reactive ketones (excluding diaryl/α,β-unsaturated/α-hetero) is 2. The number of carbonyl (C=O) groups is 2. The number of unbranched alkanes of at least 4 members (excludes halogenated alkanes) is 3. The van der Waals surface area contributed by atoms with Crippen LogP contribution < -0.4 is 0 Å². The van der Waals surface area contributed by atoms with Crippen LogP contribution in [0.5, 0.6) is 0 Å². The molecule has 2 nitrogen and oxygen atoms in total. The maximum absolute atomic E-state index is 11.7. The van der Waals surface area contributed by atoms with Crippen LogP contribution in [-0.2, 0) is 9.59 Å². The van der Waals surface area contributed by atoms with Gasteiger partial charge in [0.25, 0.3) is 0 Å². The molecular formula is C16H30O2. The molecule has 0 saturated heterocycles. The van der Waals surface area contributed by atoms with Gasteiger partial charge in [0.2, 0.25) is 0 Å². The standard InChI is InChI=1S/C16H30O2/c1-15(2,3)13(17)11-9-7-8-10-12-14(18)16(4,5)6/h7-12H2,1-6H3. The van der Waals surface area contributed by atoms with E-state index in [9.17, 15) is 9.59 Å². The summed E-state index contributed by atoms with van der Waals surface area (Å²) in [4.78, 5) is 23.4. The second-order valence-corrected chi connectivity index (χ2v) is 7.26. The SMILES string of the molecule is CC(C)(C)C(=O)CCCCCCC(=O)C(C)(C)C. The first kappa shape index (κ1) is 17.3. The van der Waals surface area contributed by atoms with Gasteiger partial charge in [-0.3, -0.25) is 9.59 Å². The Bertz CT molecular complexity index is 246. The Kier molecular flexibility index (Phi) is 6.80. The Labute approximate surface area is 113 Å². The molecule has 0 aromatic rings. The minimum atomic E-state index is -0.206. The Balaban J connectivity index is 3.60. The predicted molar refractivity (Wildman–Crippen MR) is 76.6 cm³/mol. The second kappa shape index (κ2) is 7.06. The zero-order valence-corrected chi connectivity index (χ0v) is 13.1. The van der Waals surface area contributed by atoms with Crippen LogP contribution >= 0.6 is 0 Å². The Morgan fingerprint density at radius 2 is 0.889 bits per heavy atom. The van der Waals surface area contributed by atoms with Gasteiger partial charge < -0.3 is 0 Å². The number of carbonyl (C=O) groups excluding carboxylic acids is 2. The van der Waals surface area contributed by atoms with E-state index in [1.54, 1.807) is 0 Å². The summed E-state index contributed by atoms with van der Waals surface area (Å²) >= 11 is 0. The predicted octanol–water partition coefficient (Wildman–Crippen LogP) is 4.56. The van der Waals surface area contributed by atoms with E-state index in [0.29, 0.717) is 24.4 Å². The lowest BCUT2D eigenvalue weighted by Gasteiger charge is -2.17. The monoisotopic (exact) mass is 254 g/mol.